The summed E-state index contributed by atoms with van der Waals surface area (Å²) >= 11 is 3.86. The minimum atomic E-state index is 0.112. The van der Waals surface area contributed by atoms with Crippen LogP contribution in [0.2, 0.25) is 0 Å². The van der Waals surface area contributed by atoms with Crippen molar-refractivity contribution in [3.05, 3.63) is 64.7 Å². The fourth-order valence-corrected chi connectivity index (χ4v) is 3.52. The van der Waals surface area contributed by atoms with Gasteiger partial charge in [0.15, 0.2) is 0 Å². The quantitative estimate of drug-likeness (QED) is 0.682. The van der Waals surface area contributed by atoms with E-state index in [-0.39, 0.29) is 5.41 Å². The number of alkyl halides is 1. The van der Waals surface area contributed by atoms with Gasteiger partial charge in [0.25, 0.3) is 0 Å². The second-order valence-electron chi connectivity index (χ2n) is 6.53. The van der Waals surface area contributed by atoms with E-state index in [0.29, 0.717) is 4.83 Å². The maximum absolute atomic E-state index is 5.77. The van der Waals surface area contributed by atoms with Gasteiger partial charge in [0.05, 0.1) is 6.61 Å². The molecule has 0 saturated carbocycles. The molecule has 1 aliphatic rings. The van der Waals surface area contributed by atoms with E-state index in [2.05, 4.69) is 79.2 Å². The SMILES string of the molecule is Cc1ccccc1CC(Br)c1ccc2c(c1)C(C)(C)CO2. The first-order valence-corrected chi connectivity index (χ1v) is 8.35. The zero-order valence-corrected chi connectivity index (χ0v) is 14.4. The Labute approximate surface area is 135 Å². The average Bonchev–Trinajstić information content (AvgIpc) is 2.77. The van der Waals surface area contributed by atoms with Crippen LogP contribution in [0, 0.1) is 6.92 Å². The Morgan fingerprint density at radius 1 is 1.19 bits per heavy atom. The number of rotatable bonds is 3. The summed E-state index contributed by atoms with van der Waals surface area (Å²) in [5.74, 6) is 1.04. The molecule has 0 amide bonds. The van der Waals surface area contributed by atoms with Gasteiger partial charge < -0.3 is 4.74 Å². The lowest BCUT2D eigenvalue weighted by atomic mass is 9.85. The molecule has 1 aliphatic heterocycles. The number of fused-ring (bicyclic) bond motifs is 1. The van der Waals surface area contributed by atoms with Crippen molar-refractivity contribution >= 4 is 15.9 Å². The van der Waals surface area contributed by atoms with Gasteiger partial charge in [0, 0.05) is 15.8 Å². The van der Waals surface area contributed by atoms with Crippen LogP contribution in [-0.2, 0) is 11.8 Å². The first-order valence-electron chi connectivity index (χ1n) is 7.43. The second-order valence-corrected chi connectivity index (χ2v) is 7.63. The van der Waals surface area contributed by atoms with Gasteiger partial charge in [0.2, 0.25) is 0 Å². The largest absolute Gasteiger partial charge is 0.492 e. The predicted molar refractivity (Wildman–Crippen MR) is 91.5 cm³/mol. The molecule has 110 valence electrons. The Hall–Kier alpha value is -1.28. The molecule has 1 nitrogen and oxygen atoms in total. The van der Waals surface area contributed by atoms with Gasteiger partial charge in [-0.3, -0.25) is 0 Å². The van der Waals surface area contributed by atoms with Gasteiger partial charge in [0.1, 0.15) is 5.75 Å². The van der Waals surface area contributed by atoms with E-state index in [4.69, 9.17) is 4.74 Å². The van der Waals surface area contributed by atoms with Crippen LogP contribution in [0.15, 0.2) is 42.5 Å². The first-order chi connectivity index (χ1) is 9.97. The lowest BCUT2D eigenvalue weighted by Crippen LogP contribution is -2.18. The third-order valence-corrected chi connectivity index (χ3v) is 5.20. The summed E-state index contributed by atoms with van der Waals surface area (Å²) in [5.41, 5.74) is 5.52. The molecule has 0 fully saturated rings. The van der Waals surface area contributed by atoms with E-state index >= 15 is 0 Å². The van der Waals surface area contributed by atoms with E-state index in [0.717, 1.165) is 18.8 Å². The van der Waals surface area contributed by atoms with Gasteiger partial charge in [-0.1, -0.05) is 66.2 Å². The highest BCUT2D eigenvalue weighted by Crippen LogP contribution is 2.41. The minimum Gasteiger partial charge on any atom is -0.492 e. The topological polar surface area (TPSA) is 9.23 Å². The van der Waals surface area contributed by atoms with Crippen LogP contribution >= 0.6 is 15.9 Å². The highest BCUT2D eigenvalue weighted by molar-refractivity contribution is 9.09. The van der Waals surface area contributed by atoms with E-state index in [1.54, 1.807) is 0 Å². The maximum Gasteiger partial charge on any atom is 0.123 e. The number of benzene rings is 2. The molecule has 1 heterocycles. The number of hydrogen-bond acceptors (Lipinski definition) is 1. The van der Waals surface area contributed by atoms with E-state index in [1.165, 1.54) is 22.3 Å². The van der Waals surface area contributed by atoms with Crippen molar-refractivity contribution in [2.24, 2.45) is 0 Å². The summed E-state index contributed by atoms with van der Waals surface area (Å²) in [5, 5.41) is 0. The van der Waals surface area contributed by atoms with Gasteiger partial charge in [-0.25, -0.2) is 0 Å². The molecular formula is C19H21BrO. The molecule has 0 bridgehead atoms. The molecule has 21 heavy (non-hydrogen) atoms. The second kappa shape index (κ2) is 5.49. The minimum absolute atomic E-state index is 0.112. The molecule has 2 aromatic rings. The zero-order valence-electron chi connectivity index (χ0n) is 12.8. The molecule has 0 spiro atoms. The molecule has 3 rings (SSSR count). The van der Waals surface area contributed by atoms with Gasteiger partial charge in [-0.15, -0.1) is 0 Å². The van der Waals surface area contributed by atoms with Gasteiger partial charge in [-0.2, -0.15) is 0 Å². The summed E-state index contributed by atoms with van der Waals surface area (Å²) < 4.78 is 5.77. The molecule has 2 heteroatoms. The molecule has 0 saturated heterocycles. The van der Waals surface area contributed by atoms with Gasteiger partial charge >= 0.3 is 0 Å². The van der Waals surface area contributed by atoms with Crippen molar-refractivity contribution in [2.45, 2.75) is 37.4 Å². The van der Waals surface area contributed by atoms with Crippen molar-refractivity contribution in [2.75, 3.05) is 6.61 Å². The van der Waals surface area contributed by atoms with Crippen molar-refractivity contribution in [1.82, 2.24) is 0 Å². The normalized spacial score (nSPS) is 17.1. The molecule has 0 aliphatic carbocycles. The van der Waals surface area contributed by atoms with Crippen LogP contribution in [0.5, 0.6) is 5.75 Å². The lowest BCUT2D eigenvalue weighted by Gasteiger charge is -2.18. The molecule has 0 aromatic heterocycles. The van der Waals surface area contributed by atoms with Crippen molar-refractivity contribution in [1.29, 1.82) is 0 Å². The average molecular weight is 345 g/mol. The summed E-state index contributed by atoms with van der Waals surface area (Å²) in [6, 6.07) is 15.2. The Morgan fingerprint density at radius 2 is 1.95 bits per heavy atom. The molecule has 0 N–H and O–H groups in total. The van der Waals surface area contributed by atoms with Crippen LogP contribution in [0.1, 0.15) is 40.9 Å². The first kappa shape index (κ1) is 14.6. The zero-order chi connectivity index (χ0) is 15.0. The van der Waals surface area contributed by atoms with E-state index in [9.17, 15) is 0 Å². The third kappa shape index (κ3) is 2.87. The van der Waals surface area contributed by atoms with Crippen LogP contribution < -0.4 is 4.74 Å². The monoisotopic (exact) mass is 344 g/mol. The molecule has 1 atom stereocenters. The summed E-state index contributed by atoms with van der Waals surface area (Å²) in [6.07, 6.45) is 1.01. The van der Waals surface area contributed by atoms with Crippen LogP contribution in [0.3, 0.4) is 0 Å². The molecular weight excluding hydrogens is 324 g/mol. The maximum atomic E-state index is 5.77. The van der Waals surface area contributed by atoms with Crippen molar-refractivity contribution < 1.29 is 4.74 Å². The lowest BCUT2D eigenvalue weighted by molar-refractivity contribution is 0.291. The Bertz CT molecular complexity index is 660. The fraction of sp³-hybridized carbons (Fsp3) is 0.368. The highest BCUT2D eigenvalue weighted by atomic mass is 79.9. The summed E-state index contributed by atoms with van der Waals surface area (Å²) in [4.78, 5) is 0.334. The predicted octanol–water partition coefficient (Wildman–Crippen LogP) is 5.34. The number of hydrogen-bond donors (Lipinski definition) is 0. The Balaban J connectivity index is 1.86. The highest BCUT2D eigenvalue weighted by Gasteiger charge is 2.32. The van der Waals surface area contributed by atoms with Crippen LogP contribution in [0.25, 0.3) is 0 Å². The fourth-order valence-electron chi connectivity index (χ4n) is 2.88. The number of halogens is 1. The smallest absolute Gasteiger partial charge is 0.123 e. The third-order valence-electron chi connectivity index (χ3n) is 4.34. The summed E-state index contributed by atoms with van der Waals surface area (Å²) in [7, 11) is 0. The van der Waals surface area contributed by atoms with Crippen molar-refractivity contribution in [3.63, 3.8) is 0 Å². The molecule has 0 radical (unpaired) electrons. The number of aryl methyl sites for hydroxylation is 1. The van der Waals surface area contributed by atoms with Crippen LogP contribution in [-0.4, -0.2) is 6.61 Å². The molecule has 2 aromatic carbocycles. The number of ether oxygens (including phenoxy) is 1. The van der Waals surface area contributed by atoms with Gasteiger partial charge in [-0.05, 0) is 36.1 Å². The molecule has 1 unspecified atom stereocenters. The Morgan fingerprint density at radius 3 is 2.71 bits per heavy atom. The Kier molecular flexibility index (Phi) is 3.83. The van der Waals surface area contributed by atoms with Crippen LogP contribution in [0.4, 0.5) is 0 Å². The van der Waals surface area contributed by atoms with E-state index < -0.39 is 0 Å². The van der Waals surface area contributed by atoms with E-state index in [1.807, 2.05) is 0 Å². The standard InChI is InChI=1S/C19H21BrO/c1-13-6-4-5-7-14(13)11-17(20)15-8-9-18-16(10-15)19(2,3)12-21-18/h4-10,17H,11-12H2,1-3H3. The van der Waals surface area contributed by atoms with Crippen molar-refractivity contribution in [3.8, 4) is 5.75 Å². The summed E-state index contributed by atoms with van der Waals surface area (Å²) in [6.45, 7) is 7.44.